The van der Waals surface area contributed by atoms with Crippen molar-refractivity contribution in [3.05, 3.63) is 59.7 Å². The van der Waals surface area contributed by atoms with Crippen LogP contribution in [0.5, 0.6) is 17.2 Å². The molecule has 0 aromatic heterocycles. The van der Waals surface area contributed by atoms with Gasteiger partial charge in [0.1, 0.15) is 5.75 Å². The van der Waals surface area contributed by atoms with Crippen LogP contribution in [0, 0.1) is 5.92 Å². The second-order valence-electron chi connectivity index (χ2n) is 7.40. The number of benzene rings is 2. The van der Waals surface area contributed by atoms with E-state index in [1.54, 1.807) is 55.7 Å². The van der Waals surface area contributed by atoms with Crippen LogP contribution >= 0.6 is 12.2 Å². The van der Waals surface area contributed by atoms with Crippen molar-refractivity contribution < 1.29 is 23.8 Å². The Morgan fingerprint density at radius 3 is 2.33 bits per heavy atom. The molecule has 33 heavy (non-hydrogen) atoms. The van der Waals surface area contributed by atoms with Crippen molar-refractivity contribution in [3.63, 3.8) is 0 Å². The highest BCUT2D eigenvalue weighted by Crippen LogP contribution is 2.27. The summed E-state index contributed by atoms with van der Waals surface area (Å²) >= 11 is 5.04. The maximum absolute atomic E-state index is 12.3. The standard InChI is InChI=1S/C24H29N3O5S/c1-16(2)13-14-32-19-9-7-18(8-10-19)23(29)26-27-24(33)25-22(28)12-6-17-5-11-20(30-3)21(15-17)31-4/h5-12,15-16H,13-14H2,1-4H3,(H,26,29)(H2,25,27,28,33). The van der Waals surface area contributed by atoms with Gasteiger partial charge in [-0.15, -0.1) is 0 Å². The smallest absolute Gasteiger partial charge is 0.269 e. The molecule has 9 heteroatoms. The Labute approximate surface area is 199 Å². The van der Waals surface area contributed by atoms with Crippen molar-refractivity contribution in [1.29, 1.82) is 0 Å². The molecule has 0 heterocycles. The second-order valence-corrected chi connectivity index (χ2v) is 7.81. The highest BCUT2D eigenvalue weighted by atomic mass is 32.1. The molecule has 3 N–H and O–H groups in total. The summed E-state index contributed by atoms with van der Waals surface area (Å²) in [7, 11) is 3.08. The van der Waals surface area contributed by atoms with Gasteiger partial charge in [0.2, 0.25) is 5.91 Å². The summed E-state index contributed by atoms with van der Waals surface area (Å²) in [6, 6.07) is 12.0. The van der Waals surface area contributed by atoms with Crippen LogP contribution in [0.25, 0.3) is 6.08 Å². The van der Waals surface area contributed by atoms with E-state index < -0.39 is 11.8 Å². The molecule has 0 aliphatic rings. The number of nitrogens with one attached hydrogen (secondary N) is 3. The maximum Gasteiger partial charge on any atom is 0.269 e. The molecule has 0 bridgehead atoms. The van der Waals surface area contributed by atoms with Gasteiger partial charge < -0.3 is 14.2 Å². The van der Waals surface area contributed by atoms with E-state index >= 15 is 0 Å². The SMILES string of the molecule is COc1ccc(C=CC(=O)NC(=S)NNC(=O)c2ccc(OCCC(C)C)cc2)cc1OC. The third-order valence-corrected chi connectivity index (χ3v) is 4.65. The summed E-state index contributed by atoms with van der Waals surface area (Å²) in [4.78, 5) is 24.3. The van der Waals surface area contributed by atoms with Gasteiger partial charge in [0.05, 0.1) is 20.8 Å². The monoisotopic (exact) mass is 471 g/mol. The summed E-state index contributed by atoms with van der Waals surface area (Å²) in [5.41, 5.74) is 6.11. The first-order valence-corrected chi connectivity index (χ1v) is 10.8. The zero-order valence-electron chi connectivity index (χ0n) is 19.1. The normalized spacial score (nSPS) is 10.6. The van der Waals surface area contributed by atoms with E-state index in [-0.39, 0.29) is 5.11 Å². The largest absolute Gasteiger partial charge is 0.494 e. The van der Waals surface area contributed by atoms with E-state index in [4.69, 9.17) is 26.4 Å². The molecule has 0 unspecified atom stereocenters. The van der Waals surface area contributed by atoms with E-state index in [9.17, 15) is 9.59 Å². The molecule has 2 aromatic rings. The predicted molar refractivity (Wildman–Crippen MR) is 131 cm³/mol. The van der Waals surface area contributed by atoms with Gasteiger partial charge in [0.25, 0.3) is 5.91 Å². The van der Waals surface area contributed by atoms with Crippen LogP contribution in [0.15, 0.2) is 48.5 Å². The van der Waals surface area contributed by atoms with Crippen LogP contribution in [0.2, 0.25) is 0 Å². The zero-order chi connectivity index (χ0) is 24.2. The Balaban J connectivity index is 1.79. The average molecular weight is 472 g/mol. The fourth-order valence-electron chi connectivity index (χ4n) is 2.61. The molecular formula is C24H29N3O5S. The number of ether oxygens (including phenoxy) is 3. The van der Waals surface area contributed by atoms with Crippen LogP contribution < -0.4 is 30.4 Å². The number of carbonyl (C=O) groups excluding carboxylic acids is 2. The van der Waals surface area contributed by atoms with Crippen LogP contribution in [0.3, 0.4) is 0 Å². The Morgan fingerprint density at radius 2 is 1.70 bits per heavy atom. The van der Waals surface area contributed by atoms with Crippen molar-refractivity contribution in [2.75, 3.05) is 20.8 Å². The molecule has 2 amide bonds. The number of hydrogen-bond acceptors (Lipinski definition) is 6. The molecule has 0 atom stereocenters. The molecule has 0 fully saturated rings. The van der Waals surface area contributed by atoms with Gasteiger partial charge in [0.15, 0.2) is 16.6 Å². The summed E-state index contributed by atoms with van der Waals surface area (Å²) in [6.07, 6.45) is 3.87. The van der Waals surface area contributed by atoms with Crippen molar-refractivity contribution in [2.24, 2.45) is 5.92 Å². The molecule has 0 aliphatic carbocycles. The van der Waals surface area contributed by atoms with Gasteiger partial charge in [-0.1, -0.05) is 19.9 Å². The number of methoxy groups -OCH3 is 2. The molecule has 0 spiro atoms. The summed E-state index contributed by atoms with van der Waals surface area (Å²) in [5.74, 6) is 1.54. The first-order valence-electron chi connectivity index (χ1n) is 10.4. The highest BCUT2D eigenvalue weighted by Gasteiger charge is 2.08. The van der Waals surface area contributed by atoms with Crippen molar-refractivity contribution in [3.8, 4) is 17.2 Å². The number of hydrogen-bond donors (Lipinski definition) is 3. The lowest BCUT2D eigenvalue weighted by atomic mass is 10.1. The molecule has 2 aromatic carbocycles. The fraction of sp³-hybridized carbons (Fsp3) is 0.292. The number of hydrazine groups is 1. The topological polar surface area (TPSA) is 97.9 Å². The molecular weight excluding hydrogens is 442 g/mol. The maximum atomic E-state index is 12.3. The van der Waals surface area contributed by atoms with E-state index in [0.717, 1.165) is 12.0 Å². The molecule has 0 aliphatic heterocycles. The lowest BCUT2D eigenvalue weighted by molar-refractivity contribution is -0.115. The third kappa shape index (κ3) is 8.82. The van der Waals surface area contributed by atoms with Crippen LogP contribution in [0.1, 0.15) is 36.2 Å². The lowest BCUT2D eigenvalue weighted by Crippen LogP contribution is -2.48. The Kier molecular flexibility index (Phi) is 10.2. The molecule has 8 nitrogen and oxygen atoms in total. The molecule has 0 radical (unpaired) electrons. The summed E-state index contributed by atoms with van der Waals surface area (Å²) in [6.45, 7) is 4.88. The van der Waals surface area contributed by atoms with Gasteiger partial charge in [-0.25, -0.2) is 0 Å². The first kappa shape index (κ1) is 25.7. The Morgan fingerprint density at radius 1 is 1.00 bits per heavy atom. The van der Waals surface area contributed by atoms with Gasteiger partial charge in [0, 0.05) is 11.6 Å². The number of thiocarbonyl (C=S) groups is 1. The quantitative estimate of drug-likeness (QED) is 0.293. The molecule has 0 saturated heterocycles. The van der Waals surface area contributed by atoms with Gasteiger partial charge in [-0.05, 0) is 72.6 Å². The van der Waals surface area contributed by atoms with Crippen molar-refractivity contribution in [2.45, 2.75) is 20.3 Å². The first-order chi connectivity index (χ1) is 15.8. The second kappa shape index (κ2) is 13.1. The van der Waals surface area contributed by atoms with Crippen LogP contribution in [-0.4, -0.2) is 37.8 Å². The molecule has 0 saturated carbocycles. The van der Waals surface area contributed by atoms with E-state index in [1.165, 1.54) is 13.2 Å². The van der Waals surface area contributed by atoms with E-state index in [2.05, 4.69) is 30.0 Å². The molecule has 2 rings (SSSR count). The van der Waals surface area contributed by atoms with Crippen LogP contribution in [-0.2, 0) is 4.79 Å². The summed E-state index contributed by atoms with van der Waals surface area (Å²) < 4.78 is 16.1. The predicted octanol–water partition coefficient (Wildman–Crippen LogP) is 3.48. The van der Waals surface area contributed by atoms with Crippen molar-refractivity contribution >= 4 is 35.2 Å². The summed E-state index contributed by atoms with van der Waals surface area (Å²) in [5, 5.41) is 2.41. The minimum absolute atomic E-state index is 0.0426. The third-order valence-electron chi connectivity index (χ3n) is 4.44. The zero-order valence-corrected chi connectivity index (χ0v) is 20.0. The Hall–Kier alpha value is -3.59. The van der Waals surface area contributed by atoms with Gasteiger partial charge in [-0.3, -0.25) is 25.8 Å². The van der Waals surface area contributed by atoms with Crippen molar-refractivity contribution in [1.82, 2.24) is 16.2 Å². The van der Waals surface area contributed by atoms with Crippen LogP contribution in [0.4, 0.5) is 0 Å². The minimum atomic E-state index is -0.459. The average Bonchev–Trinajstić information content (AvgIpc) is 2.81. The van der Waals surface area contributed by atoms with Gasteiger partial charge in [-0.2, -0.15) is 0 Å². The number of amides is 2. The Bertz CT molecular complexity index is 990. The highest BCUT2D eigenvalue weighted by molar-refractivity contribution is 7.80. The van der Waals surface area contributed by atoms with Gasteiger partial charge >= 0.3 is 0 Å². The number of rotatable bonds is 9. The van der Waals surface area contributed by atoms with E-state index in [1.807, 2.05) is 0 Å². The molecule has 176 valence electrons. The minimum Gasteiger partial charge on any atom is -0.494 e. The van der Waals surface area contributed by atoms with E-state index in [0.29, 0.717) is 35.3 Å². The number of carbonyl (C=O) groups is 2. The fourth-order valence-corrected chi connectivity index (χ4v) is 2.77. The lowest BCUT2D eigenvalue weighted by Gasteiger charge is -2.11.